The van der Waals surface area contributed by atoms with Gasteiger partial charge in [0, 0.05) is 12.0 Å². The highest BCUT2D eigenvalue weighted by Crippen LogP contribution is 2.54. The number of hydrogen-bond acceptors (Lipinski definition) is 3. The van der Waals surface area contributed by atoms with Gasteiger partial charge in [0.25, 0.3) is 0 Å². The Hall–Kier alpha value is -0.770. The number of benzene rings is 1. The van der Waals surface area contributed by atoms with Crippen LogP contribution in [-0.4, -0.2) is 43.4 Å². The molecule has 1 aromatic rings. The van der Waals surface area contributed by atoms with E-state index in [4.69, 9.17) is 4.74 Å². The second-order valence-corrected chi connectivity index (χ2v) is 7.11. The van der Waals surface area contributed by atoms with Gasteiger partial charge in [0.05, 0.1) is 12.7 Å². The number of nitrogens with zero attached hydrogens (tertiary/aromatic N) is 1. The number of halogens is 1. The fourth-order valence-electron chi connectivity index (χ4n) is 4.48. The molecule has 1 N–H and O–H groups in total. The molecule has 2 aliphatic carbocycles. The minimum Gasteiger partial charge on any atom is -0.497 e. The van der Waals surface area contributed by atoms with Crippen LogP contribution < -0.4 is 4.74 Å². The standard InChI is InChI=1S/C18H27NO2.ClH/c1-19(2)13-17(18(20)9-5-4-6-10-18)12-14-11-15(21-3)7-8-16(14)17;/h7-8,11,20H,4-6,9-10,12-13H2,1-3H3;1H. The van der Waals surface area contributed by atoms with Crippen LogP contribution in [-0.2, 0) is 11.8 Å². The first-order chi connectivity index (χ1) is 10.0. The normalized spacial score (nSPS) is 25.9. The summed E-state index contributed by atoms with van der Waals surface area (Å²) in [4.78, 5) is 2.22. The van der Waals surface area contributed by atoms with Crippen molar-refractivity contribution in [1.82, 2.24) is 4.90 Å². The van der Waals surface area contributed by atoms with E-state index in [1.54, 1.807) is 7.11 Å². The zero-order valence-electron chi connectivity index (χ0n) is 13.9. The molecule has 2 aliphatic rings. The molecule has 1 fully saturated rings. The lowest BCUT2D eigenvalue weighted by Gasteiger charge is -2.57. The van der Waals surface area contributed by atoms with E-state index in [9.17, 15) is 5.11 Å². The largest absolute Gasteiger partial charge is 0.497 e. The van der Waals surface area contributed by atoms with Crippen LogP contribution >= 0.6 is 12.4 Å². The van der Waals surface area contributed by atoms with Crippen LogP contribution in [0.4, 0.5) is 0 Å². The lowest BCUT2D eigenvalue weighted by Crippen LogP contribution is -2.63. The van der Waals surface area contributed by atoms with Crippen molar-refractivity contribution in [3.8, 4) is 5.75 Å². The minimum atomic E-state index is -0.545. The lowest BCUT2D eigenvalue weighted by atomic mass is 9.52. The van der Waals surface area contributed by atoms with Gasteiger partial charge in [-0.2, -0.15) is 0 Å². The minimum absolute atomic E-state index is 0. The second kappa shape index (κ2) is 6.38. The van der Waals surface area contributed by atoms with Gasteiger partial charge in [-0.3, -0.25) is 0 Å². The molecule has 0 saturated heterocycles. The topological polar surface area (TPSA) is 32.7 Å². The molecular weight excluding hydrogens is 298 g/mol. The summed E-state index contributed by atoms with van der Waals surface area (Å²) in [5.74, 6) is 0.919. The van der Waals surface area contributed by atoms with Crippen molar-refractivity contribution in [2.24, 2.45) is 0 Å². The van der Waals surface area contributed by atoms with Crippen molar-refractivity contribution in [2.45, 2.75) is 49.5 Å². The quantitative estimate of drug-likeness (QED) is 0.923. The number of ether oxygens (including phenoxy) is 1. The average molecular weight is 326 g/mol. The molecule has 124 valence electrons. The monoisotopic (exact) mass is 325 g/mol. The molecular formula is C18H28ClNO2. The van der Waals surface area contributed by atoms with Crippen molar-refractivity contribution in [2.75, 3.05) is 27.7 Å². The third kappa shape index (κ3) is 2.64. The fourth-order valence-corrected chi connectivity index (χ4v) is 4.48. The van der Waals surface area contributed by atoms with Crippen LogP contribution in [0, 0.1) is 0 Å². The third-order valence-electron chi connectivity index (χ3n) is 5.48. The summed E-state index contributed by atoms with van der Waals surface area (Å²) in [7, 11) is 5.92. The van der Waals surface area contributed by atoms with E-state index in [1.165, 1.54) is 17.5 Å². The van der Waals surface area contributed by atoms with E-state index in [0.717, 1.165) is 44.4 Å². The van der Waals surface area contributed by atoms with Crippen molar-refractivity contribution in [3.05, 3.63) is 29.3 Å². The molecule has 0 aliphatic heterocycles. The van der Waals surface area contributed by atoms with Gasteiger partial charge in [0.1, 0.15) is 5.75 Å². The molecule has 0 amide bonds. The molecule has 0 aromatic heterocycles. The number of likely N-dealkylation sites (N-methyl/N-ethyl adjacent to an activating group) is 1. The summed E-state index contributed by atoms with van der Waals surface area (Å²) in [6.07, 6.45) is 6.40. The van der Waals surface area contributed by atoms with E-state index in [0.29, 0.717) is 0 Å². The Morgan fingerprint density at radius 3 is 2.41 bits per heavy atom. The van der Waals surface area contributed by atoms with Gasteiger partial charge in [-0.25, -0.2) is 0 Å². The Morgan fingerprint density at radius 1 is 1.18 bits per heavy atom. The highest BCUT2D eigenvalue weighted by atomic mass is 35.5. The predicted octanol–water partition coefficient (Wildman–Crippen LogP) is 3.17. The number of fused-ring (bicyclic) bond motifs is 1. The third-order valence-corrected chi connectivity index (χ3v) is 5.48. The van der Waals surface area contributed by atoms with Crippen LogP contribution in [0.15, 0.2) is 18.2 Å². The van der Waals surface area contributed by atoms with Crippen LogP contribution in [0.2, 0.25) is 0 Å². The summed E-state index contributed by atoms with van der Waals surface area (Å²) in [6, 6.07) is 6.35. The molecule has 0 heterocycles. The highest BCUT2D eigenvalue weighted by molar-refractivity contribution is 5.85. The number of methoxy groups -OCH3 is 1. The van der Waals surface area contributed by atoms with Gasteiger partial charge < -0.3 is 14.7 Å². The van der Waals surface area contributed by atoms with E-state index >= 15 is 0 Å². The number of hydrogen-bond donors (Lipinski definition) is 1. The Balaban J connectivity index is 0.00000176. The molecule has 3 rings (SSSR count). The van der Waals surface area contributed by atoms with Gasteiger partial charge >= 0.3 is 0 Å². The van der Waals surface area contributed by atoms with Crippen LogP contribution in [0.3, 0.4) is 0 Å². The maximum absolute atomic E-state index is 11.4. The Bertz CT molecular complexity index is 526. The first kappa shape index (κ1) is 17.6. The molecule has 0 spiro atoms. The first-order valence-electron chi connectivity index (χ1n) is 8.05. The molecule has 3 nitrogen and oxygen atoms in total. The van der Waals surface area contributed by atoms with Gasteiger partial charge in [0.15, 0.2) is 0 Å². The fraction of sp³-hybridized carbons (Fsp3) is 0.667. The predicted molar refractivity (Wildman–Crippen MR) is 92.2 cm³/mol. The summed E-state index contributed by atoms with van der Waals surface area (Å²) in [5, 5.41) is 11.4. The number of aliphatic hydroxyl groups is 1. The first-order valence-corrected chi connectivity index (χ1v) is 8.05. The van der Waals surface area contributed by atoms with Gasteiger partial charge in [-0.15, -0.1) is 12.4 Å². The second-order valence-electron chi connectivity index (χ2n) is 7.11. The maximum Gasteiger partial charge on any atom is 0.119 e. The van der Waals surface area contributed by atoms with E-state index < -0.39 is 5.60 Å². The van der Waals surface area contributed by atoms with Gasteiger partial charge in [-0.05, 0) is 56.6 Å². The van der Waals surface area contributed by atoms with E-state index in [2.05, 4.69) is 31.1 Å². The van der Waals surface area contributed by atoms with Crippen LogP contribution in [0.5, 0.6) is 5.75 Å². The zero-order chi connectivity index (χ0) is 15.1. The molecule has 4 heteroatoms. The van der Waals surface area contributed by atoms with Gasteiger partial charge in [0.2, 0.25) is 0 Å². The summed E-state index contributed by atoms with van der Waals surface area (Å²) < 4.78 is 5.33. The van der Waals surface area contributed by atoms with Crippen molar-refractivity contribution in [1.29, 1.82) is 0 Å². The highest BCUT2D eigenvalue weighted by Gasteiger charge is 2.57. The smallest absolute Gasteiger partial charge is 0.119 e. The molecule has 1 atom stereocenters. The summed E-state index contributed by atoms with van der Waals surface area (Å²) in [6.45, 7) is 0.919. The van der Waals surface area contributed by atoms with Crippen molar-refractivity contribution >= 4 is 12.4 Å². The zero-order valence-corrected chi connectivity index (χ0v) is 14.7. The Kier molecular flexibility index (Phi) is 5.10. The van der Waals surface area contributed by atoms with Crippen LogP contribution in [0.1, 0.15) is 43.2 Å². The molecule has 1 unspecified atom stereocenters. The molecule has 0 bridgehead atoms. The van der Waals surface area contributed by atoms with E-state index in [1.807, 2.05) is 6.07 Å². The summed E-state index contributed by atoms with van der Waals surface area (Å²) in [5.41, 5.74) is 2.03. The molecule has 22 heavy (non-hydrogen) atoms. The molecule has 1 aromatic carbocycles. The molecule has 1 saturated carbocycles. The lowest BCUT2D eigenvalue weighted by molar-refractivity contribution is -0.0870. The van der Waals surface area contributed by atoms with Crippen molar-refractivity contribution < 1.29 is 9.84 Å². The van der Waals surface area contributed by atoms with Crippen molar-refractivity contribution in [3.63, 3.8) is 0 Å². The molecule has 0 radical (unpaired) electrons. The van der Waals surface area contributed by atoms with Gasteiger partial charge in [-0.1, -0.05) is 25.3 Å². The summed E-state index contributed by atoms with van der Waals surface area (Å²) >= 11 is 0. The SMILES string of the molecule is COc1ccc2c(c1)CC2(CN(C)C)C1(O)CCCCC1.Cl. The van der Waals surface area contributed by atoms with Crippen LogP contribution in [0.25, 0.3) is 0 Å². The van der Waals surface area contributed by atoms with E-state index in [-0.39, 0.29) is 17.8 Å². The Morgan fingerprint density at radius 2 is 1.86 bits per heavy atom. The number of rotatable bonds is 4. The Labute approximate surface area is 140 Å². The average Bonchev–Trinajstić information content (AvgIpc) is 2.44. The maximum atomic E-state index is 11.4.